The molecule has 0 aliphatic carbocycles. The first-order chi connectivity index (χ1) is 13.5. The summed E-state index contributed by atoms with van der Waals surface area (Å²) in [6, 6.07) is 17.3. The Labute approximate surface area is 167 Å². The molecule has 9 heteroatoms. The van der Waals surface area contributed by atoms with E-state index >= 15 is 0 Å². The summed E-state index contributed by atoms with van der Waals surface area (Å²) in [5, 5.41) is 4.09. The summed E-state index contributed by atoms with van der Waals surface area (Å²) in [4.78, 5) is 16.2. The molecular weight excluding hydrogens is 400 g/mol. The average Bonchev–Trinajstić information content (AvgIpc) is 2.70. The van der Waals surface area contributed by atoms with Gasteiger partial charge in [-0.2, -0.15) is 5.10 Å². The summed E-state index contributed by atoms with van der Waals surface area (Å²) in [6.45, 7) is 0. The zero-order valence-corrected chi connectivity index (χ0v) is 16.0. The maximum atomic E-state index is 12.6. The Hall–Kier alpha value is -3.23. The standard InChI is InChI=1S/C19H15ClN4O3S/c20-17-9-1-2-10-18(17)24-28(26,27)16-8-5-6-14(12-16)19(25)23-22-13-15-7-3-4-11-21-15/h1-13,24H,(H,23,25). The van der Waals surface area contributed by atoms with Crippen LogP contribution < -0.4 is 10.1 Å². The number of nitrogens with zero attached hydrogens (tertiary/aromatic N) is 2. The number of rotatable bonds is 6. The van der Waals surface area contributed by atoms with Crippen LogP contribution in [0.3, 0.4) is 0 Å². The summed E-state index contributed by atoms with van der Waals surface area (Å²) in [7, 11) is -3.92. The number of hydrazone groups is 1. The van der Waals surface area contributed by atoms with Crippen LogP contribution in [0.25, 0.3) is 0 Å². The van der Waals surface area contributed by atoms with Crippen molar-refractivity contribution in [2.24, 2.45) is 5.10 Å². The molecule has 0 atom stereocenters. The van der Waals surface area contributed by atoms with Crippen LogP contribution in [0.5, 0.6) is 0 Å². The second-order valence-electron chi connectivity index (χ2n) is 5.57. The Morgan fingerprint density at radius 3 is 2.57 bits per heavy atom. The third kappa shape index (κ3) is 4.93. The van der Waals surface area contributed by atoms with Crippen molar-refractivity contribution < 1.29 is 13.2 Å². The van der Waals surface area contributed by atoms with Gasteiger partial charge < -0.3 is 0 Å². The molecular formula is C19H15ClN4O3S. The van der Waals surface area contributed by atoms with Crippen molar-refractivity contribution in [3.63, 3.8) is 0 Å². The van der Waals surface area contributed by atoms with Crippen LogP contribution in [0.15, 0.2) is 82.9 Å². The summed E-state index contributed by atoms with van der Waals surface area (Å²) in [6.07, 6.45) is 2.99. The van der Waals surface area contributed by atoms with Gasteiger partial charge in [0.05, 0.1) is 27.5 Å². The number of benzene rings is 2. The number of pyridine rings is 1. The van der Waals surface area contributed by atoms with Crippen LogP contribution in [0, 0.1) is 0 Å². The maximum Gasteiger partial charge on any atom is 0.271 e. The molecule has 1 amide bonds. The molecule has 0 aliphatic rings. The molecule has 0 saturated carbocycles. The fourth-order valence-electron chi connectivity index (χ4n) is 2.23. The van der Waals surface area contributed by atoms with Crippen molar-refractivity contribution >= 4 is 39.4 Å². The zero-order chi connectivity index (χ0) is 20.0. The van der Waals surface area contributed by atoms with Crippen LogP contribution in [0.2, 0.25) is 5.02 Å². The van der Waals surface area contributed by atoms with E-state index in [0.29, 0.717) is 5.69 Å². The molecule has 3 aromatic rings. The number of hydrogen-bond donors (Lipinski definition) is 2. The highest BCUT2D eigenvalue weighted by atomic mass is 35.5. The molecule has 2 aromatic carbocycles. The largest absolute Gasteiger partial charge is 0.278 e. The summed E-state index contributed by atoms with van der Waals surface area (Å²) >= 11 is 6.00. The summed E-state index contributed by atoms with van der Waals surface area (Å²) in [5.74, 6) is -0.554. The lowest BCUT2D eigenvalue weighted by molar-refractivity contribution is 0.0955. The van der Waals surface area contributed by atoms with E-state index in [2.05, 4.69) is 20.2 Å². The number of hydrogen-bond acceptors (Lipinski definition) is 5. The van der Waals surface area contributed by atoms with Crippen molar-refractivity contribution in [1.29, 1.82) is 0 Å². The first-order valence-corrected chi connectivity index (χ1v) is 9.94. The fourth-order valence-corrected chi connectivity index (χ4v) is 3.59. The highest BCUT2D eigenvalue weighted by Gasteiger charge is 2.17. The second kappa shape index (κ2) is 8.64. The van der Waals surface area contributed by atoms with Gasteiger partial charge in [0.15, 0.2) is 0 Å². The van der Waals surface area contributed by atoms with Gasteiger partial charge in [0.2, 0.25) is 0 Å². The van der Waals surface area contributed by atoms with E-state index < -0.39 is 15.9 Å². The lowest BCUT2D eigenvalue weighted by atomic mass is 10.2. The number of amides is 1. The first-order valence-electron chi connectivity index (χ1n) is 8.07. The van der Waals surface area contributed by atoms with Crippen molar-refractivity contribution in [1.82, 2.24) is 10.4 Å². The fraction of sp³-hybridized carbons (Fsp3) is 0. The Kier molecular flexibility index (Phi) is 6.03. The average molecular weight is 415 g/mol. The predicted molar refractivity (Wildman–Crippen MR) is 108 cm³/mol. The van der Waals surface area contributed by atoms with E-state index in [9.17, 15) is 13.2 Å². The molecule has 0 radical (unpaired) electrons. The highest BCUT2D eigenvalue weighted by molar-refractivity contribution is 7.92. The molecule has 2 N–H and O–H groups in total. The van der Waals surface area contributed by atoms with E-state index in [4.69, 9.17) is 11.6 Å². The third-order valence-corrected chi connectivity index (χ3v) is 5.27. The Balaban J connectivity index is 1.75. The predicted octanol–water partition coefficient (Wildman–Crippen LogP) is 3.30. The van der Waals surface area contributed by atoms with E-state index in [-0.39, 0.29) is 21.2 Å². The SMILES string of the molecule is O=C(NN=Cc1ccccn1)c1cccc(S(=O)(=O)Nc2ccccc2Cl)c1. The van der Waals surface area contributed by atoms with Crippen LogP contribution in [0.1, 0.15) is 16.1 Å². The molecule has 1 heterocycles. The quantitative estimate of drug-likeness (QED) is 0.477. The molecule has 28 heavy (non-hydrogen) atoms. The van der Waals surface area contributed by atoms with Crippen LogP contribution in [-0.2, 0) is 10.0 Å². The van der Waals surface area contributed by atoms with Crippen LogP contribution in [-0.4, -0.2) is 25.5 Å². The number of sulfonamides is 1. The zero-order valence-electron chi connectivity index (χ0n) is 14.4. The van der Waals surface area contributed by atoms with Gasteiger partial charge >= 0.3 is 0 Å². The van der Waals surface area contributed by atoms with E-state index in [1.165, 1.54) is 30.5 Å². The van der Waals surface area contributed by atoms with Gasteiger partial charge in [-0.25, -0.2) is 13.8 Å². The lowest BCUT2D eigenvalue weighted by Gasteiger charge is -2.10. The van der Waals surface area contributed by atoms with Gasteiger partial charge in [0, 0.05) is 11.8 Å². The number of carbonyl (C=O) groups is 1. The van der Waals surface area contributed by atoms with Gasteiger partial charge in [0.25, 0.3) is 15.9 Å². The number of halogens is 1. The minimum Gasteiger partial charge on any atom is -0.278 e. The highest BCUT2D eigenvalue weighted by Crippen LogP contribution is 2.24. The molecule has 0 spiro atoms. The molecule has 1 aromatic heterocycles. The minimum absolute atomic E-state index is 0.0752. The van der Waals surface area contributed by atoms with E-state index in [1.807, 2.05) is 0 Å². The molecule has 0 unspecified atom stereocenters. The van der Waals surface area contributed by atoms with Crippen molar-refractivity contribution in [2.45, 2.75) is 4.90 Å². The lowest BCUT2D eigenvalue weighted by Crippen LogP contribution is -2.19. The normalized spacial score (nSPS) is 11.3. The number of nitrogens with one attached hydrogen (secondary N) is 2. The van der Waals surface area contributed by atoms with Crippen LogP contribution >= 0.6 is 11.6 Å². The molecule has 0 aliphatic heterocycles. The van der Waals surface area contributed by atoms with Gasteiger partial charge in [-0.3, -0.25) is 14.5 Å². The number of anilines is 1. The van der Waals surface area contributed by atoms with E-state index in [1.54, 1.807) is 48.7 Å². The van der Waals surface area contributed by atoms with Gasteiger partial charge in [-0.1, -0.05) is 35.9 Å². The van der Waals surface area contributed by atoms with E-state index in [0.717, 1.165) is 0 Å². The maximum absolute atomic E-state index is 12.6. The van der Waals surface area contributed by atoms with Crippen molar-refractivity contribution in [3.8, 4) is 0 Å². The Bertz CT molecular complexity index is 1120. The number of para-hydroxylation sites is 1. The molecule has 142 valence electrons. The minimum atomic E-state index is -3.92. The second-order valence-corrected chi connectivity index (χ2v) is 7.66. The molecule has 3 rings (SSSR count). The monoisotopic (exact) mass is 414 g/mol. The third-order valence-electron chi connectivity index (χ3n) is 3.58. The number of aromatic nitrogens is 1. The Morgan fingerprint density at radius 1 is 1.04 bits per heavy atom. The summed E-state index contributed by atoms with van der Waals surface area (Å²) in [5.41, 5.74) is 3.30. The van der Waals surface area contributed by atoms with Gasteiger partial charge in [-0.05, 0) is 42.5 Å². The Morgan fingerprint density at radius 2 is 1.82 bits per heavy atom. The van der Waals surface area contributed by atoms with Crippen molar-refractivity contribution in [3.05, 3.63) is 89.2 Å². The molecule has 0 bridgehead atoms. The van der Waals surface area contributed by atoms with Crippen LogP contribution in [0.4, 0.5) is 5.69 Å². The first kappa shape index (κ1) is 19.5. The van der Waals surface area contributed by atoms with Gasteiger partial charge in [-0.15, -0.1) is 0 Å². The summed E-state index contributed by atoms with van der Waals surface area (Å²) < 4.78 is 27.6. The van der Waals surface area contributed by atoms with Gasteiger partial charge in [0.1, 0.15) is 0 Å². The molecule has 0 saturated heterocycles. The molecule has 7 nitrogen and oxygen atoms in total. The molecule has 0 fully saturated rings. The topological polar surface area (TPSA) is 101 Å². The number of carbonyl (C=O) groups excluding carboxylic acids is 1. The van der Waals surface area contributed by atoms with Crippen molar-refractivity contribution in [2.75, 3.05) is 4.72 Å². The smallest absolute Gasteiger partial charge is 0.271 e.